The third kappa shape index (κ3) is 2.89. The lowest BCUT2D eigenvalue weighted by Crippen LogP contribution is -2.53. The van der Waals surface area contributed by atoms with Crippen LogP contribution in [0.5, 0.6) is 5.75 Å². The van der Waals surface area contributed by atoms with Gasteiger partial charge in [-0.2, -0.15) is 0 Å². The summed E-state index contributed by atoms with van der Waals surface area (Å²) in [5, 5.41) is 12.0. The van der Waals surface area contributed by atoms with E-state index in [0.29, 0.717) is 24.4 Å². The van der Waals surface area contributed by atoms with E-state index in [1.54, 1.807) is 12.4 Å². The molecule has 2 aliphatic heterocycles. The molecule has 0 aliphatic carbocycles. The summed E-state index contributed by atoms with van der Waals surface area (Å²) in [4.78, 5) is 32.1. The molecule has 136 valence electrons. The second-order valence-electron chi connectivity index (χ2n) is 6.27. The van der Waals surface area contributed by atoms with E-state index < -0.39 is 6.09 Å². The predicted molar refractivity (Wildman–Crippen MR) is 101 cm³/mol. The van der Waals surface area contributed by atoms with Gasteiger partial charge in [-0.15, -0.1) is 0 Å². The molecular formula is C17H17IN4O4. The van der Waals surface area contributed by atoms with Crippen LogP contribution in [0, 0.1) is 3.57 Å². The van der Waals surface area contributed by atoms with E-state index in [4.69, 9.17) is 9.84 Å². The van der Waals surface area contributed by atoms with Gasteiger partial charge in [-0.25, -0.2) is 4.79 Å². The number of hydrogen-bond donors (Lipinski definition) is 3. The minimum absolute atomic E-state index is 0.0683. The standard InChI is InChI=1S/C17H17IN4O4/c18-14-13-11(2-5-20-16(13)23)21-15(14)10-1-4-19-7-12(10)26-8-9-3-6-22(9)17(24)25/h1,4,7,9,21H,2-3,5-6,8H2,(H,20,23)(H,24,25)/t9-/m0/s1. The molecule has 1 saturated heterocycles. The summed E-state index contributed by atoms with van der Waals surface area (Å²) in [6.45, 7) is 1.44. The number of aromatic amines is 1. The van der Waals surface area contributed by atoms with Gasteiger partial charge in [-0.05, 0) is 35.1 Å². The van der Waals surface area contributed by atoms with Crippen molar-refractivity contribution in [3.05, 3.63) is 33.3 Å². The molecule has 2 aliphatic rings. The zero-order valence-electron chi connectivity index (χ0n) is 13.8. The molecule has 0 saturated carbocycles. The number of halogens is 1. The van der Waals surface area contributed by atoms with Gasteiger partial charge in [0.1, 0.15) is 12.4 Å². The first-order valence-electron chi connectivity index (χ1n) is 8.31. The Morgan fingerprint density at radius 1 is 1.50 bits per heavy atom. The number of amides is 2. The minimum atomic E-state index is -0.922. The van der Waals surface area contributed by atoms with E-state index in [1.165, 1.54) is 4.90 Å². The van der Waals surface area contributed by atoms with Gasteiger partial charge < -0.3 is 25.0 Å². The van der Waals surface area contributed by atoms with Gasteiger partial charge in [-0.3, -0.25) is 9.78 Å². The van der Waals surface area contributed by atoms with Gasteiger partial charge in [0.2, 0.25) is 0 Å². The van der Waals surface area contributed by atoms with Crippen LogP contribution in [0.2, 0.25) is 0 Å². The Morgan fingerprint density at radius 3 is 3.04 bits per heavy atom. The second kappa shape index (κ2) is 6.78. The molecule has 9 heteroatoms. The molecule has 1 atom stereocenters. The highest BCUT2D eigenvalue weighted by Gasteiger charge is 2.33. The number of ether oxygens (including phenoxy) is 1. The van der Waals surface area contributed by atoms with Crippen molar-refractivity contribution in [2.24, 2.45) is 0 Å². The molecular weight excluding hydrogens is 451 g/mol. The highest BCUT2D eigenvalue weighted by Crippen LogP contribution is 2.36. The average molecular weight is 468 g/mol. The number of aromatic nitrogens is 2. The fourth-order valence-corrected chi connectivity index (χ4v) is 4.27. The maximum absolute atomic E-state index is 12.2. The minimum Gasteiger partial charge on any atom is -0.489 e. The fraction of sp³-hybridized carbons (Fsp3) is 0.353. The Labute approximate surface area is 163 Å². The highest BCUT2D eigenvalue weighted by molar-refractivity contribution is 14.1. The second-order valence-corrected chi connectivity index (χ2v) is 7.35. The van der Waals surface area contributed by atoms with Gasteiger partial charge in [0, 0.05) is 37.0 Å². The summed E-state index contributed by atoms with van der Waals surface area (Å²) in [6.07, 6.45) is 3.92. The van der Waals surface area contributed by atoms with E-state index >= 15 is 0 Å². The zero-order valence-corrected chi connectivity index (χ0v) is 15.9. The Hall–Kier alpha value is -2.30. The van der Waals surface area contributed by atoms with Crippen molar-refractivity contribution in [3.8, 4) is 17.0 Å². The molecule has 2 aromatic rings. The molecule has 0 unspecified atom stereocenters. The van der Waals surface area contributed by atoms with Gasteiger partial charge in [0.05, 0.1) is 27.1 Å². The first-order valence-corrected chi connectivity index (χ1v) is 9.39. The molecule has 0 aromatic carbocycles. The molecule has 8 nitrogen and oxygen atoms in total. The van der Waals surface area contributed by atoms with Gasteiger partial charge in [-0.1, -0.05) is 0 Å². The number of hydrogen-bond acceptors (Lipinski definition) is 4. The molecule has 0 radical (unpaired) electrons. The number of likely N-dealkylation sites (tertiary alicyclic amines) is 1. The SMILES string of the molecule is O=C1NCCc2[nH]c(-c3ccncc3OC[C@@H]3CCN3C(=O)O)c(I)c21. The Bertz CT molecular complexity index is 882. The molecule has 0 bridgehead atoms. The molecule has 4 rings (SSSR count). The molecule has 3 N–H and O–H groups in total. The van der Waals surface area contributed by atoms with Crippen molar-refractivity contribution in [1.29, 1.82) is 0 Å². The third-order valence-electron chi connectivity index (χ3n) is 4.78. The first-order chi connectivity index (χ1) is 12.6. The number of pyridine rings is 1. The maximum Gasteiger partial charge on any atom is 0.407 e. The van der Waals surface area contributed by atoms with Crippen LogP contribution >= 0.6 is 22.6 Å². The maximum atomic E-state index is 12.2. The molecule has 0 spiro atoms. The van der Waals surface area contributed by atoms with Crippen LogP contribution in [-0.4, -0.2) is 57.7 Å². The number of nitrogens with zero attached hydrogens (tertiary/aromatic N) is 2. The van der Waals surface area contributed by atoms with Crippen LogP contribution in [0.3, 0.4) is 0 Å². The third-order valence-corrected chi connectivity index (χ3v) is 5.86. The van der Waals surface area contributed by atoms with Crippen LogP contribution in [0.4, 0.5) is 4.79 Å². The van der Waals surface area contributed by atoms with Crippen LogP contribution in [0.1, 0.15) is 22.5 Å². The molecule has 4 heterocycles. The number of nitrogens with one attached hydrogen (secondary N) is 2. The smallest absolute Gasteiger partial charge is 0.407 e. The van der Waals surface area contributed by atoms with Crippen molar-refractivity contribution in [2.75, 3.05) is 19.7 Å². The van der Waals surface area contributed by atoms with E-state index in [-0.39, 0.29) is 18.6 Å². The van der Waals surface area contributed by atoms with Crippen LogP contribution in [0.25, 0.3) is 11.3 Å². The lowest BCUT2D eigenvalue weighted by Gasteiger charge is -2.38. The van der Waals surface area contributed by atoms with Crippen molar-refractivity contribution in [2.45, 2.75) is 18.9 Å². The van der Waals surface area contributed by atoms with Crippen LogP contribution in [-0.2, 0) is 6.42 Å². The van der Waals surface area contributed by atoms with Crippen molar-refractivity contribution < 1.29 is 19.4 Å². The lowest BCUT2D eigenvalue weighted by atomic mass is 10.1. The summed E-state index contributed by atoms with van der Waals surface area (Å²) < 4.78 is 6.75. The van der Waals surface area contributed by atoms with Gasteiger partial charge >= 0.3 is 6.09 Å². The predicted octanol–water partition coefficient (Wildman–Crippen LogP) is 2.10. The molecule has 1 fully saturated rings. The number of rotatable bonds is 4. The Kier molecular flexibility index (Phi) is 4.47. The van der Waals surface area contributed by atoms with E-state index in [0.717, 1.165) is 33.4 Å². The number of carbonyl (C=O) groups is 2. The van der Waals surface area contributed by atoms with Crippen molar-refractivity contribution >= 4 is 34.6 Å². The number of H-pyrrole nitrogens is 1. The Morgan fingerprint density at radius 2 is 2.35 bits per heavy atom. The van der Waals surface area contributed by atoms with Gasteiger partial charge in [0.15, 0.2) is 0 Å². The zero-order chi connectivity index (χ0) is 18.3. The normalized spacial score (nSPS) is 18.7. The quantitative estimate of drug-likeness (QED) is 0.596. The number of fused-ring (bicyclic) bond motifs is 1. The molecule has 2 amide bonds. The fourth-order valence-electron chi connectivity index (χ4n) is 3.28. The summed E-state index contributed by atoms with van der Waals surface area (Å²) in [5.74, 6) is 0.503. The van der Waals surface area contributed by atoms with E-state index in [2.05, 4.69) is 37.9 Å². The van der Waals surface area contributed by atoms with E-state index in [9.17, 15) is 9.59 Å². The first kappa shape index (κ1) is 17.1. The number of carboxylic acid groups (broad SMARTS) is 1. The summed E-state index contributed by atoms with van der Waals surface area (Å²) in [6, 6.07) is 1.70. The van der Waals surface area contributed by atoms with Crippen molar-refractivity contribution in [3.63, 3.8) is 0 Å². The van der Waals surface area contributed by atoms with Crippen LogP contribution in [0.15, 0.2) is 18.5 Å². The number of carbonyl (C=O) groups excluding carboxylic acids is 1. The van der Waals surface area contributed by atoms with Gasteiger partial charge in [0.25, 0.3) is 5.91 Å². The highest BCUT2D eigenvalue weighted by atomic mass is 127. The largest absolute Gasteiger partial charge is 0.489 e. The van der Waals surface area contributed by atoms with E-state index in [1.807, 2.05) is 6.07 Å². The van der Waals surface area contributed by atoms with Crippen LogP contribution < -0.4 is 10.1 Å². The summed E-state index contributed by atoms with van der Waals surface area (Å²) in [5.41, 5.74) is 3.25. The molecule has 2 aromatic heterocycles. The molecule has 26 heavy (non-hydrogen) atoms. The average Bonchev–Trinajstić information content (AvgIpc) is 2.92. The summed E-state index contributed by atoms with van der Waals surface area (Å²) in [7, 11) is 0. The summed E-state index contributed by atoms with van der Waals surface area (Å²) >= 11 is 2.17. The topological polar surface area (TPSA) is 108 Å². The Balaban J connectivity index is 1.61. The van der Waals surface area contributed by atoms with Crippen molar-refractivity contribution in [1.82, 2.24) is 20.2 Å². The lowest BCUT2D eigenvalue weighted by molar-refractivity contribution is 0.0500. The monoisotopic (exact) mass is 468 g/mol.